The Morgan fingerprint density at radius 3 is 2.48 bits per heavy atom. The van der Waals surface area contributed by atoms with Gasteiger partial charge in [0.15, 0.2) is 5.69 Å². The molecule has 1 N–H and O–H groups in total. The van der Waals surface area contributed by atoms with E-state index >= 15 is 0 Å². The van der Waals surface area contributed by atoms with Gasteiger partial charge >= 0.3 is 18.1 Å². The predicted octanol–water partition coefficient (Wildman–Crippen LogP) is 3.67. The largest absolute Gasteiger partial charge is 0.478 e. The molecule has 0 spiro atoms. The number of carboxylic acids is 1. The smallest absolute Gasteiger partial charge is 0.433 e. The first kappa shape index (κ1) is 19.3. The first-order chi connectivity index (χ1) is 11.6. The van der Waals surface area contributed by atoms with Crippen molar-refractivity contribution in [1.82, 2.24) is 9.78 Å². The molecule has 1 aliphatic rings. The third-order valence-corrected chi connectivity index (χ3v) is 4.68. The molecule has 0 unspecified atom stereocenters. The summed E-state index contributed by atoms with van der Waals surface area (Å²) in [5, 5.41) is 12.7. The zero-order valence-corrected chi connectivity index (χ0v) is 14.1. The molecule has 9 heteroatoms. The average molecular weight is 362 g/mol. The molecule has 140 valence electrons. The Morgan fingerprint density at radius 1 is 1.40 bits per heavy atom. The van der Waals surface area contributed by atoms with Crippen LogP contribution in [-0.4, -0.2) is 33.4 Å². The Labute approximate surface area is 143 Å². The summed E-state index contributed by atoms with van der Waals surface area (Å²) in [6.45, 7) is 3.92. The Morgan fingerprint density at radius 2 is 2.00 bits per heavy atom. The van der Waals surface area contributed by atoms with Gasteiger partial charge in [-0.3, -0.25) is 9.48 Å². The van der Waals surface area contributed by atoms with E-state index in [-0.39, 0.29) is 24.4 Å². The maximum absolute atomic E-state index is 13.3. The number of halogens is 3. The summed E-state index contributed by atoms with van der Waals surface area (Å²) in [5.41, 5.74) is -2.39. The van der Waals surface area contributed by atoms with Crippen molar-refractivity contribution in [2.45, 2.75) is 58.2 Å². The summed E-state index contributed by atoms with van der Waals surface area (Å²) in [7, 11) is 0. The van der Waals surface area contributed by atoms with Gasteiger partial charge in [0, 0.05) is 0 Å². The molecule has 25 heavy (non-hydrogen) atoms. The van der Waals surface area contributed by atoms with Crippen LogP contribution in [0.3, 0.4) is 0 Å². The van der Waals surface area contributed by atoms with Crippen LogP contribution in [0, 0.1) is 5.41 Å². The Kier molecular flexibility index (Phi) is 5.43. The van der Waals surface area contributed by atoms with Crippen LogP contribution in [0.25, 0.3) is 0 Å². The highest BCUT2D eigenvalue weighted by molar-refractivity contribution is 5.88. The number of rotatable bonds is 5. The van der Waals surface area contributed by atoms with E-state index in [1.165, 1.54) is 0 Å². The molecular formula is C16H21F3N2O4. The fourth-order valence-electron chi connectivity index (χ4n) is 3.36. The van der Waals surface area contributed by atoms with Crippen molar-refractivity contribution >= 4 is 11.9 Å². The Bertz CT molecular complexity index is 646. The second kappa shape index (κ2) is 7.05. The average Bonchev–Trinajstić information content (AvgIpc) is 2.93. The van der Waals surface area contributed by atoms with Crippen molar-refractivity contribution in [2.75, 3.05) is 6.61 Å². The second-order valence-electron chi connectivity index (χ2n) is 6.68. The lowest BCUT2D eigenvalue weighted by atomic mass is 9.72. The summed E-state index contributed by atoms with van der Waals surface area (Å²) >= 11 is 0. The number of carboxylic acid groups (broad SMARTS) is 1. The highest BCUT2D eigenvalue weighted by Gasteiger charge is 2.43. The number of nitrogens with zero attached hydrogens (tertiary/aromatic N) is 2. The molecule has 1 saturated carbocycles. The third kappa shape index (κ3) is 4.32. The number of carbonyl (C=O) groups is 2. The van der Waals surface area contributed by atoms with Crippen LogP contribution in [0.5, 0.6) is 0 Å². The van der Waals surface area contributed by atoms with Gasteiger partial charge in [-0.2, -0.15) is 18.3 Å². The maximum atomic E-state index is 13.3. The quantitative estimate of drug-likeness (QED) is 0.808. The van der Waals surface area contributed by atoms with E-state index in [4.69, 9.17) is 9.84 Å². The minimum Gasteiger partial charge on any atom is -0.478 e. The molecule has 1 aromatic rings. The van der Waals surface area contributed by atoms with Gasteiger partial charge in [0.2, 0.25) is 0 Å². The van der Waals surface area contributed by atoms with E-state index in [0.717, 1.165) is 10.9 Å². The van der Waals surface area contributed by atoms with Gasteiger partial charge in [-0.25, -0.2) is 4.79 Å². The Balaban J connectivity index is 2.16. The molecule has 1 aliphatic carbocycles. The molecule has 0 aromatic carbocycles. The SMILES string of the molecule is CCOC(=O)C[C@]1(C)CC[C@@H](n2ncc(C(=O)O)c2C(F)(F)F)CC1. The molecule has 6 nitrogen and oxygen atoms in total. The van der Waals surface area contributed by atoms with E-state index < -0.39 is 29.4 Å². The van der Waals surface area contributed by atoms with Gasteiger partial charge in [0.25, 0.3) is 0 Å². The van der Waals surface area contributed by atoms with Gasteiger partial charge in [-0.1, -0.05) is 6.92 Å². The van der Waals surface area contributed by atoms with E-state index in [2.05, 4.69) is 5.10 Å². The van der Waals surface area contributed by atoms with Crippen molar-refractivity contribution in [2.24, 2.45) is 5.41 Å². The second-order valence-corrected chi connectivity index (χ2v) is 6.68. The first-order valence-corrected chi connectivity index (χ1v) is 8.11. The standard InChI is InChI=1S/C16H21F3N2O4/c1-3-25-12(22)8-15(2)6-4-10(5-7-15)21-13(16(17,18)19)11(9-20-21)14(23)24/h9-10H,3-8H2,1-2H3,(H,23,24)/t10-,15-. The number of carbonyl (C=O) groups excluding carboxylic acids is 1. The van der Waals surface area contributed by atoms with Crippen LogP contribution in [0.1, 0.15) is 68.0 Å². The lowest BCUT2D eigenvalue weighted by Gasteiger charge is -2.37. The van der Waals surface area contributed by atoms with Crippen LogP contribution in [0.15, 0.2) is 6.20 Å². The van der Waals surface area contributed by atoms with Crippen molar-refractivity contribution < 1.29 is 32.6 Å². The molecule has 0 radical (unpaired) electrons. The highest BCUT2D eigenvalue weighted by atomic mass is 19.4. The number of esters is 1. The third-order valence-electron chi connectivity index (χ3n) is 4.68. The number of aromatic nitrogens is 2. The molecule has 2 rings (SSSR count). The van der Waals surface area contributed by atoms with Gasteiger partial charge in [0.05, 0.1) is 25.3 Å². The summed E-state index contributed by atoms with van der Waals surface area (Å²) in [5.74, 6) is -1.96. The van der Waals surface area contributed by atoms with Crippen molar-refractivity contribution in [3.63, 3.8) is 0 Å². The molecule has 1 heterocycles. The van der Waals surface area contributed by atoms with Gasteiger partial charge in [0.1, 0.15) is 5.56 Å². The Hall–Kier alpha value is -2.06. The summed E-state index contributed by atoms with van der Waals surface area (Å²) < 4.78 is 45.6. The number of hydrogen-bond acceptors (Lipinski definition) is 4. The van der Waals surface area contributed by atoms with E-state index in [1.54, 1.807) is 6.92 Å². The van der Waals surface area contributed by atoms with Gasteiger partial charge in [-0.15, -0.1) is 0 Å². The van der Waals surface area contributed by atoms with E-state index in [0.29, 0.717) is 25.7 Å². The summed E-state index contributed by atoms with van der Waals surface area (Å²) in [6.07, 6.45) is -1.97. The minimum atomic E-state index is -4.80. The predicted molar refractivity (Wildman–Crippen MR) is 81.1 cm³/mol. The zero-order valence-electron chi connectivity index (χ0n) is 14.1. The van der Waals surface area contributed by atoms with Crippen LogP contribution in [0.2, 0.25) is 0 Å². The van der Waals surface area contributed by atoms with Gasteiger partial charge in [-0.05, 0) is 38.0 Å². The lowest BCUT2D eigenvalue weighted by Crippen LogP contribution is -2.31. The molecule has 0 bridgehead atoms. The number of alkyl halides is 3. The monoisotopic (exact) mass is 362 g/mol. The number of ether oxygens (including phenoxy) is 1. The molecule has 1 aromatic heterocycles. The fraction of sp³-hybridized carbons (Fsp3) is 0.688. The molecule has 0 saturated heterocycles. The first-order valence-electron chi connectivity index (χ1n) is 8.11. The van der Waals surface area contributed by atoms with E-state index in [9.17, 15) is 22.8 Å². The topological polar surface area (TPSA) is 81.4 Å². The highest BCUT2D eigenvalue weighted by Crippen LogP contribution is 2.45. The number of hydrogen-bond donors (Lipinski definition) is 1. The number of aromatic carboxylic acids is 1. The fourth-order valence-corrected chi connectivity index (χ4v) is 3.36. The zero-order chi connectivity index (χ0) is 18.8. The molecule has 1 fully saturated rings. The summed E-state index contributed by atoms with van der Waals surface area (Å²) in [6, 6.07) is -0.542. The normalized spacial score (nSPS) is 24.1. The molecule has 0 atom stereocenters. The molecule has 0 aliphatic heterocycles. The molecule has 0 amide bonds. The van der Waals surface area contributed by atoms with Gasteiger partial charge < -0.3 is 9.84 Å². The molecular weight excluding hydrogens is 341 g/mol. The van der Waals surface area contributed by atoms with E-state index in [1.807, 2.05) is 6.92 Å². The lowest BCUT2D eigenvalue weighted by molar-refractivity contribution is -0.146. The van der Waals surface area contributed by atoms with Crippen LogP contribution in [0.4, 0.5) is 13.2 Å². The van der Waals surface area contributed by atoms with Crippen molar-refractivity contribution in [3.8, 4) is 0 Å². The minimum absolute atomic E-state index is 0.221. The van der Waals surface area contributed by atoms with Crippen LogP contribution in [-0.2, 0) is 15.7 Å². The maximum Gasteiger partial charge on any atom is 0.433 e. The van der Waals surface area contributed by atoms with Crippen molar-refractivity contribution in [3.05, 3.63) is 17.5 Å². The van der Waals surface area contributed by atoms with Crippen LogP contribution < -0.4 is 0 Å². The van der Waals surface area contributed by atoms with Crippen LogP contribution >= 0.6 is 0 Å². The van der Waals surface area contributed by atoms with Crippen molar-refractivity contribution in [1.29, 1.82) is 0 Å². The summed E-state index contributed by atoms with van der Waals surface area (Å²) in [4.78, 5) is 22.7.